The minimum Gasteiger partial charge on any atom is -0.481 e. The van der Waals surface area contributed by atoms with Crippen molar-refractivity contribution >= 4 is 5.97 Å². The van der Waals surface area contributed by atoms with Crippen molar-refractivity contribution in [3.63, 3.8) is 0 Å². The Bertz CT molecular complexity index is 602. The van der Waals surface area contributed by atoms with Crippen LogP contribution in [-0.4, -0.2) is 16.1 Å². The van der Waals surface area contributed by atoms with Crippen molar-refractivity contribution in [2.45, 2.75) is 26.7 Å². The molecule has 0 saturated carbocycles. The second kappa shape index (κ2) is 5.86. The molecule has 0 bridgehead atoms. The lowest BCUT2D eigenvalue weighted by molar-refractivity contribution is -0.136. The van der Waals surface area contributed by atoms with Crippen LogP contribution in [0.4, 0.5) is 4.39 Å². The maximum absolute atomic E-state index is 12.9. The first-order valence-corrected chi connectivity index (χ1v) is 6.42. The smallest absolute Gasteiger partial charge is 0.309 e. The Kier molecular flexibility index (Phi) is 4.17. The lowest BCUT2D eigenvalue weighted by Gasteiger charge is -2.01. The van der Waals surface area contributed by atoms with E-state index in [4.69, 9.17) is 9.52 Å². The van der Waals surface area contributed by atoms with Gasteiger partial charge in [-0.25, -0.2) is 9.37 Å². The van der Waals surface area contributed by atoms with Gasteiger partial charge in [0.25, 0.3) is 0 Å². The summed E-state index contributed by atoms with van der Waals surface area (Å²) in [5.74, 6) is -0.0439. The van der Waals surface area contributed by atoms with E-state index in [0.29, 0.717) is 35.2 Å². The van der Waals surface area contributed by atoms with Crippen molar-refractivity contribution < 1.29 is 18.7 Å². The van der Waals surface area contributed by atoms with E-state index in [1.807, 2.05) is 13.8 Å². The van der Waals surface area contributed by atoms with E-state index < -0.39 is 5.97 Å². The Morgan fingerprint density at radius 2 is 2.00 bits per heavy atom. The van der Waals surface area contributed by atoms with Crippen molar-refractivity contribution in [3.8, 4) is 11.5 Å². The molecule has 20 heavy (non-hydrogen) atoms. The third kappa shape index (κ3) is 3.44. The average molecular weight is 277 g/mol. The summed E-state index contributed by atoms with van der Waals surface area (Å²) in [7, 11) is 0. The highest BCUT2D eigenvalue weighted by atomic mass is 19.1. The van der Waals surface area contributed by atoms with Gasteiger partial charge >= 0.3 is 5.97 Å². The fourth-order valence-corrected chi connectivity index (χ4v) is 1.91. The number of halogens is 1. The van der Waals surface area contributed by atoms with E-state index in [9.17, 15) is 9.18 Å². The van der Waals surface area contributed by atoms with Gasteiger partial charge in [-0.05, 0) is 30.2 Å². The molecule has 0 aliphatic heterocycles. The molecule has 2 rings (SSSR count). The predicted octanol–water partition coefficient (Wildman–Crippen LogP) is 3.31. The van der Waals surface area contributed by atoms with Crippen LogP contribution in [0.5, 0.6) is 0 Å². The molecule has 1 heterocycles. The zero-order chi connectivity index (χ0) is 14.7. The van der Waals surface area contributed by atoms with Crippen molar-refractivity contribution in [2.24, 2.45) is 5.92 Å². The Morgan fingerprint density at radius 3 is 2.55 bits per heavy atom. The summed E-state index contributed by atoms with van der Waals surface area (Å²) in [6.45, 7) is 4.04. The van der Waals surface area contributed by atoms with Crippen LogP contribution < -0.4 is 0 Å². The zero-order valence-electron chi connectivity index (χ0n) is 11.4. The van der Waals surface area contributed by atoms with Gasteiger partial charge in [0.1, 0.15) is 11.6 Å². The summed E-state index contributed by atoms with van der Waals surface area (Å²) in [5.41, 5.74) is 1.07. The fraction of sp³-hybridized carbons (Fsp3) is 0.333. The van der Waals surface area contributed by atoms with Gasteiger partial charge in [0, 0.05) is 12.0 Å². The second-order valence-electron chi connectivity index (χ2n) is 5.06. The lowest BCUT2D eigenvalue weighted by atomic mass is 10.1. The molecule has 4 nitrogen and oxygen atoms in total. The monoisotopic (exact) mass is 277 g/mol. The third-order valence-corrected chi connectivity index (χ3v) is 2.78. The molecule has 1 N–H and O–H groups in total. The van der Waals surface area contributed by atoms with E-state index in [0.717, 1.165) is 0 Å². The molecule has 0 saturated heterocycles. The van der Waals surface area contributed by atoms with Crippen molar-refractivity contribution in [3.05, 3.63) is 41.5 Å². The first-order chi connectivity index (χ1) is 9.45. The molecule has 106 valence electrons. The summed E-state index contributed by atoms with van der Waals surface area (Å²) in [5, 5.41) is 8.91. The second-order valence-corrected chi connectivity index (χ2v) is 5.06. The van der Waals surface area contributed by atoms with Gasteiger partial charge in [0.15, 0.2) is 0 Å². The number of carboxylic acid groups (broad SMARTS) is 1. The van der Waals surface area contributed by atoms with Crippen LogP contribution in [0.2, 0.25) is 0 Å². The number of hydrogen-bond acceptors (Lipinski definition) is 3. The van der Waals surface area contributed by atoms with Crippen LogP contribution in [0, 0.1) is 11.7 Å². The molecule has 0 amide bonds. The van der Waals surface area contributed by atoms with Crippen LogP contribution in [0.15, 0.2) is 28.7 Å². The van der Waals surface area contributed by atoms with Crippen molar-refractivity contribution in [1.29, 1.82) is 0 Å². The Balaban J connectivity index is 2.36. The predicted molar refractivity (Wildman–Crippen MR) is 71.8 cm³/mol. The maximum atomic E-state index is 12.9. The highest BCUT2D eigenvalue weighted by Crippen LogP contribution is 2.24. The van der Waals surface area contributed by atoms with Gasteiger partial charge in [0.2, 0.25) is 5.89 Å². The van der Waals surface area contributed by atoms with Crippen LogP contribution in [0.25, 0.3) is 11.5 Å². The summed E-state index contributed by atoms with van der Waals surface area (Å²) >= 11 is 0. The molecule has 0 radical (unpaired) electrons. The van der Waals surface area contributed by atoms with Gasteiger partial charge in [0.05, 0.1) is 12.1 Å². The molecule has 0 fully saturated rings. The average Bonchev–Trinajstić information content (AvgIpc) is 2.71. The number of aromatic nitrogens is 1. The summed E-state index contributed by atoms with van der Waals surface area (Å²) in [4.78, 5) is 15.1. The number of hydrogen-bond donors (Lipinski definition) is 1. The molecule has 2 aromatic rings. The molecule has 1 aromatic carbocycles. The van der Waals surface area contributed by atoms with Crippen LogP contribution in [-0.2, 0) is 17.6 Å². The Labute approximate surface area is 116 Å². The minimum atomic E-state index is -0.950. The van der Waals surface area contributed by atoms with Crippen LogP contribution in [0.1, 0.15) is 25.3 Å². The number of oxazole rings is 1. The van der Waals surface area contributed by atoms with Gasteiger partial charge in [-0.1, -0.05) is 13.8 Å². The molecule has 0 spiro atoms. The number of carboxylic acids is 1. The first-order valence-electron chi connectivity index (χ1n) is 6.42. The maximum Gasteiger partial charge on any atom is 0.309 e. The summed E-state index contributed by atoms with van der Waals surface area (Å²) in [6, 6.07) is 5.76. The van der Waals surface area contributed by atoms with Crippen molar-refractivity contribution in [1.82, 2.24) is 4.98 Å². The molecule has 5 heteroatoms. The van der Waals surface area contributed by atoms with E-state index in [-0.39, 0.29) is 12.2 Å². The highest BCUT2D eigenvalue weighted by Gasteiger charge is 2.17. The number of rotatable bonds is 5. The Morgan fingerprint density at radius 1 is 1.35 bits per heavy atom. The normalized spacial score (nSPS) is 11.0. The first kappa shape index (κ1) is 14.2. The number of aliphatic carboxylic acids is 1. The number of benzene rings is 1. The third-order valence-electron chi connectivity index (χ3n) is 2.78. The van der Waals surface area contributed by atoms with Gasteiger partial charge in [-0.2, -0.15) is 0 Å². The van der Waals surface area contributed by atoms with E-state index >= 15 is 0 Å². The van der Waals surface area contributed by atoms with E-state index in [1.165, 1.54) is 12.1 Å². The van der Waals surface area contributed by atoms with Crippen LogP contribution >= 0.6 is 0 Å². The Hall–Kier alpha value is -2.17. The molecule has 0 unspecified atom stereocenters. The zero-order valence-corrected chi connectivity index (χ0v) is 11.4. The van der Waals surface area contributed by atoms with Gasteiger partial charge in [-0.15, -0.1) is 0 Å². The number of nitrogens with zero attached hydrogens (tertiary/aromatic N) is 1. The SMILES string of the molecule is CC(C)Cc1oc(-c2ccc(F)cc2)nc1CC(=O)O. The number of carbonyl (C=O) groups is 1. The van der Waals surface area contributed by atoms with Crippen LogP contribution in [0.3, 0.4) is 0 Å². The van der Waals surface area contributed by atoms with E-state index in [2.05, 4.69) is 4.98 Å². The molecular weight excluding hydrogens is 261 g/mol. The van der Waals surface area contributed by atoms with Gasteiger partial charge in [-0.3, -0.25) is 4.79 Å². The molecule has 0 aliphatic carbocycles. The largest absolute Gasteiger partial charge is 0.481 e. The van der Waals surface area contributed by atoms with Gasteiger partial charge < -0.3 is 9.52 Å². The topological polar surface area (TPSA) is 63.3 Å². The standard InChI is InChI=1S/C15H16FNO3/c1-9(2)7-13-12(8-14(18)19)17-15(20-13)10-3-5-11(16)6-4-10/h3-6,9H,7-8H2,1-2H3,(H,18,19). The van der Waals surface area contributed by atoms with Crippen molar-refractivity contribution in [2.75, 3.05) is 0 Å². The minimum absolute atomic E-state index is 0.174. The molecule has 0 aliphatic rings. The lowest BCUT2D eigenvalue weighted by Crippen LogP contribution is -2.04. The molecule has 1 aromatic heterocycles. The fourth-order valence-electron chi connectivity index (χ4n) is 1.91. The summed E-state index contributed by atoms with van der Waals surface area (Å²) < 4.78 is 18.6. The molecular formula is C15H16FNO3. The highest BCUT2D eigenvalue weighted by molar-refractivity contribution is 5.70. The molecule has 0 atom stereocenters. The quantitative estimate of drug-likeness (QED) is 0.910. The summed E-state index contributed by atoms with van der Waals surface area (Å²) in [6.07, 6.45) is 0.448. The van der Waals surface area contributed by atoms with E-state index in [1.54, 1.807) is 12.1 Å².